The molecule has 0 aromatic rings. The fourth-order valence-electron chi connectivity index (χ4n) is 0.618. The molecule has 0 unspecified atom stereocenters. The number of carbonyl (C=O) groups excluding carboxylic acids is 1. The first kappa shape index (κ1) is 11.5. The van der Waals surface area contributed by atoms with Crippen LogP contribution < -0.4 is 0 Å². The average molecular weight is 182 g/mol. The van der Waals surface area contributed by atoms with Crippen LogP contribution in [-0.4, -0.2) is 62.8 Å². The van der Waals surface area contributed by atoms with E-state index < -0.39 is 31.0 Å². The van der Waals surface area contributed by atoms with Gasteiger partial charge in [-0.15, -0.1) is 0 Å². The lowest BCUT2D eigenvalue weighted by Gasteiger charge is -2.22. The van der Waals surface area contributed by atoms with Crippen molar-refractivity contribution < 1.29 is 30.3 Å². The molecule has 0 heterocycles. The number of aliphatic hydroxyl groups excluding tert-OH is 5. The van der Waals surface area contributed by atoms with Gasteiger partial charge < -0.3 is 30.3 Å². The molecule has 0 saturated heterocycles. The lowest BCUT2D eigenvalue weighted by molar-refractivity contribution is -0.136. The van der Waals surface area contributed by atoms with Crippen molar-refractivity contribution in [3.63, 3.8) is 0 Å². The van der Waals surface area contributed by atoms with E-state index in [-0.39, 0.29) is 6.29 Å². The predicted molar refractivity (Wildman–Crippen MR) is 37.2 cm³/mol. The Hall–Kier alpha value is -0.530. The molecular formula is C6H12O6. The minimum Gasteiger partial charge on any atom is -0.394 e. The van der Waals surface area contributed by atoms with Crippen molar-refractivity contribution in [3.8, 4) is 0 Å². The zero-order chi connectivity index (χ0) is 9.72. The molecule has 0 radical (unpaired) electrons. The first-order chi connectivity index (χ1) is 5.54. The van der Waals surface area contributed by atoms with Crippen LogP contribution in [0, 0.1) is 0 Å². The molecule has 0 aromatic heterocycles. The van der Waals surface area contributed by atoms with Crippen LogP contribution in [0.3, 0.4) is 0 Å². The minimum atomic E-state index is -1.79. The zero-order valence-electron chi connectivity index (χ0n) is 6.24. The maximum absolute atomic E-state index is 9.90. The summed E-state index contributed by atoms with van der Waals surface area (Å²) in [6.07, 6.45) is -6.84. The van der Waals surface area contributed by atoms with Gasteiger partial charge in [0.1, 0.15) is 24.4 Å². The molecule has 6 heteroatoms. The second kappa shape index (κ2) is 5.18. The van der Waals surface area contributed by atoms with Crippen LogP contribution in [0.2, 0.25) is 0 Å². The maximum atomic E-state index is 9.90. The molecule has 0 aromatic carbocycles. The summed E-state index contributed by atoms with van der Waals surface area (Å²) in [7, 11) is 0. The van der Waals surface area contributed by atoms with E-state index in [0.29, 0.717) is 0 Å². The highest BCUT2D eigenvalue weighted by Gasteiger charge is 2.29. The third-order valence-corrected chi connectivity index (χ3v) is 1.42. The Morgan fingerprint density at radius 3 is 2.00 bits per heavy atom. The first-order valence-electron chi connectivity index (χ1n) is 3.33. The summed E-state index contributed by atoms with van der Waals surface area (Å²) in [6, 6.07) is 0. The van der Waals surface area contributed by atoms with Crippen LogP contribution in [0.5, 0.6) is 0 Å². The second-order valence-corrected chi connectivity index (χ2v) is 2.36. The Morgan fingerprint density at radius 1 is 1.17 bits per heavy atom. The number of aldehydes is 1. The maximum Gasteiger partial charge on any atom is 0.151 e. The molecule has 6 nitrogen and oxygen atoms in total. The fourth-order valence-corrected chi connectivity index (χ4v) is 0.618. The standard InChI is InChI=1S/C6H12O6/c7-1-3(9)5(11)6(12)4(10)2-8/h1,3-6,8-12H,2H2/t3-,4-,5-,6-/m1/s1/i8+2. The fraction of sp³-hybridized carbons (Fsp3) is 0.833. The molecule has 4 atom stereocenters. The highest BCUT2D eigenvalue weighted by molar-refractivity contribution is 5.56. The van der Waals surface area contributed by atoms with Gasteiger partial charge >= 0.3 is 0 Å². The van der Waals surface area contributed by atoms with E-state index >= 15 is 0 Å². The third-order valence-electron chi connectivity index (χ3n) is 1.42. The largest absolute Gasteiger partial charge is 0.394 e. The summed E-state index contributed by atoms with van der Waals surface area (Å²) in [4.78, 5) is 9.90. The molecule has 0 spiro atoms. The molecule has 5 N–H and O–H groups in total. The van der Waals surface area contributed by atoms with Crippen molar-refractivity contribution in [1.82, 2.24) is 0 Å². The van der Waals surface area contributed by atoms with Gasteiger partial charge in [0.05, 0.1) is 6.61 Å². The Balaban J connectivity index is 4.07. The van der Waals surface area contributed by atoms with Crippen LogP contribution >= 0.6 is 0 Å². The van der Waals surface area contributed by atoms with Gasteiger partial charge in [0.15, 0.2) is 6.29 Å². The van der Waals surface area contributed by atoms with Crippen LogP contribution in [0.1, 0.15) is 0 Å². The Morgan fingerprint density at radius 2 is 1.67 bits per heavy atom. The van der Waals surface area contributed by atoms with Gasteiger partial charge in [0.2, 0.25) is 0 Å². The molecule has 0 saturated carbocycles. The first-order valence-corrected chi connectivity index (χ1v) is 3.33. The molecule has 0 aliphatic carbocycles. The van der Waals surface area contributed by atoms with Crippen molar-refractivity contribution in [2.45, 2.75) is 24.4 Å². The SMILES string of the molecule is O=C[C@@H](O)[C@@H](O)[C@H](O)[C@H](O)C[18OH]. The van der Waals surface area contributed by atoms with Gasteiger partial charge in [-0.05, 0) is 0 Å². The van der Waals surface area contributed by atoms with Gasteiger partial charge in [-0.2, -0.15) is 0 Å². The van der Waals surface area contributed by atoms with Gasteiger partial charge in [-0.25, -0.2) is 0 Å². The Labute approximate surface area is 68.7 Å². The van der Waals surface area contributed by atoms with E-state index in [1.54, 1.807) is 0 Å². The van der Waals surface area contributed by atoms with E-state index in [0.717, 1.165) is 0 Å². The summed E-state index contributed by atoms with van der Waals surface area (Å²) in [5.74, 6) is 0. The smallest absolute Gasteiger partial charge is 0.151 e. The van der Waals surface area contributed by atoms with Crippen molar-refractivity contribution in [3.05, 3.63) is 0 Å². The molecule has 0 aliphatic heterocycles. The summed E-state index contributed by atoms with van der Waals surface area (Å²) in [5, 5.41) is 43.5. The van der Waals surface area contributed by atoms with E-state index in [1.165, 1.54) is 0 Å². The van der Waals surface area contributed by atoms with Crippen LogP contribution in [0.4, 0.5) is 0 Å². The summed E-state index contributed by atoms with van der Waals surface area (Å²) >= 11 is 0. The molecule has 0 rings (SSSR count). The molecule has 0 bridgehead atoms. The summed E-state index contributed by atoms with van der Waals surface area (Å²) in [6.45, 7) is -0.760. The van der Waals surface area contributed by atoms with Crippen LogP contribution in [0.25, 0.3) is 0 Å². The predicted octanol–water partition coefficient (Wildman–Crippen LogP) is -3.38. The van der Waals surface area contributed by atoms with Crippen LogP contribution in [0.15, 0.2) is 0 Å². The summed E-state index contributed by atoms with van der Waals surface area (Å²) in [5.41, 5.74) is 0. The average Bonchev–Trinajstić information content (AvgIpc) is 2.12. The van der Waals surface area contributed by atoms with Gasteiger partial charge in [0, 0.05) is 0 Å². The quantitative estimate of drug-likeness (QED) is 0.223. The van der Waals surface area contributed by atoms with Gasteiger partial charge in [-0.3, -0.25) is 0 Å². The zero-order valence-corrected chi connectivity index (χ0v) is 6.24. The molecule has 0 aliphatic rings. The molecule has 0 fully saturated rings. The van der Waals surface area contributed by atoms with E-state index in [4.69, 9.17) is 25.5 Å². The number of aliphatic hydroxyl groups is 5. The molecule has 72 valence electrons. The minimum absolute atomic E-state index is 0.0258. The lowest BCUT2D eigenvalue weighted by Crippen LogP contribution is -2.46. The Kier molecular flexibility index (Phi) is 4.95. The van der Waals surface area contributed by atoms with Crippen molar-refractivity contribution >= 4 is 6.29 Å². The van der Waals surface area contributed by atoms with E-state index in [1.807, 2.05) is 0 Å². The summed E-state index contributed by atoms with van der Waals surface area (Å²) < 4.78 is 0. The number of rotatable bonds is 5. The lowest BCUT2D eigenvalue weighted by atomic mass is 10.0. The van der Waals surface area contributed by atoms with Crippen molar-refractivity contribution in [2.75, 3.05) is 6.61 Å². The second-order valence-electron chi connectivity index (χ2n) is 2.36. The van der Waals surface area contributed by atoms with Gasteiger partial charge in [0.25, 0.3) is 0 Å². The number of hydrogen-bond donors (Lipinski definition) is 5. The highest BCUT2D eigenvalue weighted by atomic mass is 18.2. The van der Waals surface area contributed by atoms with E-state index in [2.05, 4.69) is 0 Å². The normalized spacial score (nSPS) is 21.1. The highest BCUT2D eigenvalue weighted by Crippen LogP contribution is 2.02. The monoisotopic (exact) mass is 182 g/mol. The molecular weight excluding hydrogens is 170 g/mol. The van der Waals surface area contributed by atoms with Gasteiger partial charge in [-0.1, -0.05) is 0 Å². The third kappa shape index (κ3) is 2.84. The Bertz CT molecular complexity index is 138. The molecule has 12 heavy (non-hydrogen) atoms. The number of carbonyl (C=O) groups is 1. The van der Waals surface area contributed by atoms with Crippen molar-refractivity contribution in [1.29, 1.82) is 0 Å². The topological polar surface area (TPSA) is 118 Å². The van der Waals surface area contributed by atoms with E-state index in [9.17, 15) is 4.79 Å². The number of hydrogen-bond acceptors (Lipinski definition) is 6. The van der Waals surface area contributed by atoms with Crippen LogP contribution in [-0.2, 0) is 4.79 Å². The molecule has 0 amide bonds. The van der Waals surface area contributed by atoms with Crippen molar-refractivity contribution in [2.24, 2.45) is 0 Å².